The molecule has 2 unspecified atom stereocenters. The average Bonchev–Trinajstić information content (AvgIpc) is 2.04. The second-order valence-corrected chi connectivity index (χ2v) is 2.50. The third kappa shape index (κ3) is 2.41. The summed E-state index contributed by atoms with van der Waals surface area (Å²) in [6.45, 7) is 0. The van der Waals surface area contributed by atoms with E-state index in [1.807, 2.05) is 0 Å². The van der Waals surface area contributed by atoms with Gasteiger partial charge in [0.15, 0.2) is 0 Å². The maximum absolute atomic E-state index is 10.5. The summed E-state index contributed by atoms with van der Waals surface area (Å²) in [5.41, 5.74) is 0. The Kier molecular flexibility index (Phi) is 3.87. The second-order valence-electron chi connectivity index (χ2n) is 2.50. The zero-order valence-corrected chi connectivity index (χ0v) is 6.88. The number of carbonyl (C=O) groups is 2. The minimum Gasteiger partial charge on any atom is -0.481 e. The van der Waals surface area contributed by atoms with E-state index in [1.54, 1.807) is 0 Å². The van der Waals surface area contributed by atoms with Gasteiger partial charge in [0, 0.05) is 0 Å². The van der Waals surface area contributed by atoms with Crippen LogP contribution in [0.3, 0.4) is 0 Å². The monoisotopic (exact) mass is 185 g/mol. The molecule has 1 aliphatic carbocycles. The van der Waals surface area contributed by atoms with Crippen molar-refractivity contribution in [1.82, 2.24) is 6.15 Å². The highest BCUT2D eigenvalue weighted by Crippen LogP contribution is 2.19. The molecule has 0 radical (unpaired) electrons. The molecule has 0 saturated carbocycles. The molecule has 1 aliphatic rings. The van der Waals surface area contributed by atoms with Gasteiger partial charge in [0.25, 0.3) is 0 Å². The zero-order chi connectivity index (χ0) is 9.14. The number of allylic oxidation sites excluding steroid dienone is 2. The molecular weight excluding hydrogens is 174 g/mol. The minimum absolute atomic E-state index is 0. The van der Waals surface area contributed by atoms with E-state index < -0.39 is 23.8 Å². The molecular formula is C8H11NO4. The van der Waals surface area contributed by atoms with E-state index in [0.717, 1.165) is 0 Å². The predicted octanol–water partition coefficient (Wildman–Crippen LogP) is 0.676. The molecule has 5 nitrogen and oxygen atoms in total. The first-order valence-electron chi connectivity index (χ1n) is 3.43. The summed E-state index contributed by atoms with van der Waals surface area (Å²) in [7, 11) is 0. The second kappa shape index (κ2) is 4.42. The first-order chi connectivity index (χ1) is 5.63. The van der Waals surface area contributed by atoms with Crippen LogP contribution in [-0.4, -0.2) is 22.2 Å². The van der Waals surface area contributed by atoms with E-state index in [1.165, 1.54) is 24.3 Å². The standard InChI is InChI=1S/C8H8O4.H3N/c9-7(10)5-3-1-2-4-6(5)8(11)12;/h1-6H,(H,9,10)(H,11,12);1H3. The summed E-state index contributed by atoms with van der Waals surface area (Å²) in [5.74, 6) is -4.09. The molecule has 0 bridgehead atoms. The Balaban J connectivity index is 0.00000144. The lowest BCUT2D eigenvalue weighted by Gasteiger charge is -2.15. The molecule has 0 amide bonds. The van der Waals surface area contributed by atoms with Crippen LogP contribution in [0.4, 0.5) is 0 Å². The molecule has 72 valence electrons. The van der Waals surface area contributed by atoms with Gasteiger partial charge in [-0.1, -0.05) is 24.3 Å². The molecule has 5 heteroatoms. The van der Waals surface area contributed by atoms with E-state index in [2.05, 4.69) is 0 Å². The summed E-state index contributed by atoms with van der Waals surface area (Å²) >= 11 is 0. The molecule has 0 spiro atoms. The van der Waals surface area contributed by atoms with Crippen LogP contribution in [-0.2, 0) is 9.59 Å². The molecule has 0 aromatic rings. The normalized spacial score (nSPS) is 24.9. The summed E-state index contributed by atoms with van der Waals surface area (Å²) in [6, 6.07) is 0. The average molecular weight is 185 g/mol. The van der Waals surface area contributed by atoms with E-state index in [9.17, 15) is 9.59 Å². The smallest absolute Gasteiger partial charge is 0.311 e. The van der Waals surface area contributed by atoms with Gasteiger partial charge in [-0.2, -0.15) is 0 Å². The van der Waals surface area contributed by atoms with Crippen LogP contribution in [0, 0.1) is 11.8 Å². The van der Waals surface area contributed by atoms with Crippen molar-refractivity contribution >= 4 is 11.9 Å². The Morgan fingerprint density at radius 1 is 0.923 bits per heavy atom. The molecule has 2 atom stereocenters. The van der Waals surface area contributed by atoms with Gasteiger partial charge >= 0.3 is 11.9 Å². The van der Waals surface area contributed by atoms with Crippen molar-refractivity contribution in [2.24, 2.45) is 11.8 Å². The molecule has 0 heterocycles. The molecule has 0 saturated heterocycles. The van der Waals surface area contributed by atoms with Crippen LogP contribution in [0.15, 0.2) is 24.3 Å². The first-order valence-corrected chi connectivity index (χ1v) is 3.43. The predicted molar refractivity (Wildman–Crippen MR) is 45.6 cm³/mol. The highest BCUT2D eigenvalue weighted by Gasteiger charge is 2.30. The highest BCUT2D eigenvalue weighted by atomic mass is 16.4. The number of hydrogen-bond acceptors (Lipinski definition) is 3. The molecule has 0 fully saturated rings. The van der Waals surface area contributed by atoms with E-state index in [-0.39, 0.29) is 6.15 Å². The van der Waals surface area contributed by atoms with Gasteiger partial charge in [0.2, 0.25) is 0 Å². The largest absolute Gasteiger partial charge is 0.481 e. The maximum Gasteiger partial charge on any atom is 0.311 e. The van der Waals surface area contributed by atoms with Crippen molar-refractivity contribution in [3.63, 3.8) is 0 Å². The topological polar surface area (TPSA) is 110 Å². The number of carboxylic acids is 2. The van der Waals surface area contributed by atoms with Gasteiger partial charge in [-0.3, -0.25) is 9.59 Å². The van der Waals surface area contributed by atoms with Crippen molar-refractivity contribution in [3.8, 4) is 0 Å². The van der Waals surface area contributed by atoms with Crippen molar-refractivity contribution in [3.05, 3.63) is 24.3 Å². The van der Waals surface area contributed by atoms with E-state index >= 15 is 0 Å². The van der Waals surface area contributed by atoms with Gasteiger partial charge in [0.1, 0.15) is 0 Å². The maximum atomic E-state index is 10.5. The first kappa shape index (κ1) is 11.4. The summed E-state index contributed by atoms with van der Waals surface area (Å²) in [5, 5.41) is 17.2. The number of carboxylic acid groups (broad SMARTS) is 2. The van der Waals surface area contributed by atoms with Gasteiger partial charge in [-0.05, 0) is 0 Å². The number of aliphatic carboxylic acids is 2. The fourth-order valence-corrected chi connectivity index (χ4v) is 1.08. The Labute approximate surface area is 75.0 Å². The van der Waals surface area contributed by atoms with Crippen LogP contribution in [0.5, 0.6) is 0 Å². The summed E-state index contributed by atoms with van der Waals surface area (Å²) in [6.07, 6.45) is 5.83. The summed E-state index contributed by atoms with van der Waals surface area (Å²) < 4.78 is 0. The van der Waals surface area contributed by atoms with Crippen LogP contribution >= 0.6 is 0 Å². The van der Waals surface area contributed by atoms with Crippen LogP contribution in [0.1, 0.15) is 0 Å². The number of rotatable bonds is 2. The molecule has 0 aromatic carbocycles. The van der Waals surface area contributed by atoms with Crippen molar-refractivity contribution in [1.29, 1.82) is 0 Å². The van der Waals surface area contributed by atoms with E-state index in [0.29, 0.717) is 0 Å². The lowest BCUT2D eigenvalue weighted by atomic mass is 9.89. The zero-order valence-electron chi connectivity index (χ0n) is 6.88. The third-order valence-corrected chi connectivity index (χ3v) is 1.71. The van der Waals surface area contributed by atoms with E-state index in [4.69, 9.17) is 10.2 Å². The molecule has 0 aliphatic heterocycles. The third-order valence-electron chi connectivity index (χ3n) is 1.71. The van der Waals surface area contributed by atoms with Gasteiger partial charge in [-0.25, -0.2) is 0 Å². The summed E-state index contributed by atoms with van der Waals surface area (Å²) in [4.78, 5) is 21.0. The Hall–Kier alpha value is -1.62. The van der Waals surface area contributed by atoms with Gasteiger partial charge in [0.05, 0.1) is 11.8 Å². The molecule has 5 N–H and O–H groups in total. The lowest BCUT2D eigenvalue weighted by Crippen LogP contribution is -2.27. The highest BCUT2D eigenvalue weighted by molar-refractivity contribution is 5.83. The Bertz CT molecular complexity index is 241. The SMILES string of the molecule is N.O=C(O)C1C=CC=CC1C(=O)O. The van der Waals surface area contributed by atoms with Crippen molar-refractivity contribution < 1.29 is 19.8 Å². The lowest BCUT2D eigenvalue weighted by molar-refractivity contribution is -0.149. The quantitative estimate of drug-likeness (QED) is 0.585. The molecule has 1 rings (SSSR count). The van der Waals surface area contributed by atoms with Crippen LogP contribution in [0.2, 0.25) is 0 Å². The Morgan fingerprint density at radius 3 is 1.46 bits per heavy atom. The fourth-order valence-electron chi connectivity index (χ4n) is 1.08. The van der Waals surface area contributed by atoms with Crippen LogP contribution < -0.4 is 6.15 Å². The van der Waals surface area contributed by atoms with Gasteiger partial charge in [-0.15, -0.1) is 0 Å². The van der Waals surface area contributed by atoms with Crippen LogP contribution in [0.25, 0.3) is 0 Å². The molecule has 13 heavy (non-hydrogen) atoms. The van der Waals surface area contributed by atoms with Crippen molar-refractivity contribution in [2.75, 3.05) is 0 Å². The fraction of sp³-hybridized carbons (Fsp3) is 0.250. The number of hydrogen-bond donors (Lipinski definition) is 3. The minimum atomic E-state index is -1.11. The van der Waals surface area contributed by atoms with Gasteiger partial charge < -0.3 is 16.4 Å². The molecule has 0 aromatic heterocycles. The Morgan fingerprint density at radius 2 is 1.23 bits per heavy atom. The van der Waals surface area contributed by atoms with Crippen molar-refractivity contribution in [2.45, 2.75) is 0 Å².